The Balaban J connectivity index is 0.00000364. The van der Waals surface area contributed by atoms with Gasteiger partial charge in [0.2, 0.25) is 5.91 Å². The second-order valence-electron chi connectivity index (χ2n) is 5.74. The molecule has 0 fully saturated rings. The summed E-state index contributed by atoms with van der Waals surface area (Å²) in [5.74, 6) is 2.24. The standard InChI is InChI=1S/C20H26N2O4.ClH/c1-24-18-9-6-15(19(14-18)25-2)4-3-5-20(23)22-16-7-10-17(11-8-16)26-13-12-21;/h6-11,14H,3-5,12-13,21H2,1-2H3,(H,22,23);1H. The molecule has 0 heterocycles. The van der Waals surface area contributed by atoms with Gasteiger partial charge in [0, 0.05) is 24.7 Å². The summed E-state index contributed by atoms with van der Waals surface area (Å²) in [4.78, 5) is 12.1. The third-order valence-electron chi connectivity index (χ3n) is 3.87. The Labute approximate surface area is 166 Å². The van der Waals surface area contributed by atoms with Gasteiger partial charge in [-0.05, 0) is 48.7 Å². The first-order chi connectivity index (χ1) is 12.7. The third-order valence-corrected chi connectivity index (χ3v) is 3.87. The van der Waals surface area contributed by atoms with Gasteiger partial charge >= 0.3 is 0 Å². The number of methoxy groups -OCH3 is 2. The molecule has 27 heavy (non-hydrogen) atoms. The quantitative estimate of drug-likeness (QED) is 0.645. The van der Waals surface area contributed by atoms with Crippen molar-refractivity contribution in [2.24, 2.45) is 5.73 Å². The average molecular weight is 395 g/mol. The lowest BCUT2D eigenvalue weighted by atomic mass is 10.1. The maximum absolute atomic E-state index is 12.1. The van der Waals surface area contributed by atoms with Crippen LogP contribution in [0.1, 0.15) is 18.4 Å². The number of amides is 1. The summed E-state index contributed by atoms with van der Waals surface area (Å²) in [7, 11) is 3.25. The molecule has 0 aromatic heterocycles. The van der Waals surface area contributed by atoms with Crippen molar-refractivity contribution in [3.63, 3.8) is 0 Å². The van der Waals surface area contributed by atoms with Gasteiger partial charge in [0.15, 0.2) is 0 Å². The highest BCUT2D eigenvalue weighted by atomic mass is 35.5. The SMILES string of the molecule is COc1ccc(CCCC(=O)Nc2ccc(OCCN)cc2)c(OC)c1.Cl. The van der Waals surface area contributed by atoms with Crippen LogP contribution >= 0.6 is 12.4 Å². The van der Waals surface area contributed by atoms with Crippen molar-refractivity contribution in [3.05, 3.63) is 48.0 Å². The fourth-order valence-corrected chi connectivity index (χ4v) is 2.53. The summed E-state index contributed by atoms with van der Waals surface area (Å²) in [6, 6.07) is 13.0. The normalized spacial score (nSPS) is 9.89. The minimum absolute atomic E-state index is 0. The number of carbonyl (C=O) groups is 1. The zero-order valence-corrected chi connectivity index (χ0v) is 16.5. The Morgan fingerprint density at radius 2 is 1.74 bits per heavy atom. The minimum atomic E-state index is -0.0203. The van der Waals surface area contributed by atoms with Crippen LogP contribution in [-0.2, 0) is 11.2 Å². The molecule has 1 amide bonds. The highest BCUT2D eigenvalue weighted by Crippen LogP contribution is 2.26. The van der Waals surface area contributed by atoms with Crippen LogP contribution in [0.4, 0.5) is 5.69 Å². The summed E-state index contributed by atoms with van der Waals surface area (Å²) in [6.45, 7) is 0.942. The highest BCUT2D eigenvalue weighted by molar-refractivity contribution is 5.90. The van der Waals surface area contributed by atoms with Crippen molar-refractivity contribution < 1.29 is 19.0 Å². The lowest BCUT2D eigenvalue weighted by Crippen LogP contribution is -2.12. The Bertz CT molecular complexity index is 708. The topological polar surface area (TPSA) is 82.8 Å². The molecule has 0 aliphatic rings. The first kappa shape index (κ1) is 22.6. The van der Waals surface area contributed by atoms with Crippen molar-refractivity contribution in [2.45, 2.75) is 19.3 Å². The number of hydrogen-bond donors (Lipinski definition) is 2. The zero-order valence-electron chi connectivity index (χ0n) is 15.7. The molecule has 0 saturated heterocycles. The van der Waals surface area contributed by atoms with Crippen LogP contribution in [0.5, 0.6) is 17.2 Å². The Hall–Kier alpha value is -2.44. The summed E-state index contributed by atoms with van der Waals surface area (Å²) >= 11 is 0. The Morgan fingerprint density at radius 3 is 2.37 bits per heavy atom. The van der Waals surface area contributed by atoms with Gasteiger partial charge in [-0.25, -0.2) is 0 Å². The fourth-order valence-electron chi connectivity index (χ4n) is 2.53. The molecule has 0 atom stereocenters. The number of benzene rings is 2. The zero-order chi connectivity index (χ0) is 18.8. The van der Waals surface area contributed by atoms with Gasteiger partial charge in [-0.15, -0.1) is 12.4 Å². The minimum Gasteiger partial charge on any atom is -0.497 e. The lowest BCUT2D eigenvalue weighted by Gasteiger charge is -2.10. The van der Waals surface area contributed by atoms with E-state index in [1.807, 2.05) is 42.5 Å². The number of carbonyl (C=O) groups excluding carboxylic acids is 1. The molecule has 6 nitrogen and oxygen atoms in total. The van der Waals surface area contributed by atoms with Crippen LogP contribution in [0.2, 0.25) is 0 Å². The lowest BCUT2D eigenvalue weighted by molar-refractivity contribution is -0.116. The number of nitrogens with one attached hydrogen (secondary N) is 1. The predicted molar refractivity (Wildman–Crippen MR) is 109 cm³/mol. The van der Waals surface area contributed by atoms with E-state index in [1.165, 1.54) is 0 Å². The molecule has 0 aliphatic heterocycles. The van der Waals surface area contributed by atoms with Crippen molar-refractivity contribution in [1.82, 2.24) is 0 Å². The van der Waals surface area contributed by atoms with Gasteiger partial charge in [-0.2, -0.15) is 0 Å². The number of ether oxygens (including phenoxy) is 3. The van der Waals surface area contributed by atoms with E-state index < -0.39 is 0 Å². The monoisotopic (exact) mass is 394 g/mol. The molecule has 0 bridgehead atoms. The van der Waals surface area contributed by atoms with Crippen LogP contribution < -0.4 is 25.3 Å². The molecule has 0 radical (unpaired) electrons. The van der Waals surface area contributed by atoms with E-state index >= 15 is 0 Å². The molecule has 2 aromatic rings. The van der Waals surface area contributed by atoms with Gasteiger partial charge in [0.05, 0.1) is 14.2 Å². The summed E-state index contributed by atoms with van der Waals surface area (Å²) < 4.78 is 16.0. The number of halogens is 1. The third kappa shape index (κ3) is 7.37. The number of anilines is 1. The molecule has 0 spiro atoms. The maximum atomic E-state index is 12.1. The Morgan fingerprint density at radius 1 is 1.04 bits per heavy atom. The first-order valence-electron chi connectivity index (χ1n) is 8.60. The molecule has 0 saturated carbocycles. The van der Waals surface area contributed by atoms with Crippen LogP contribution in [0.15, 0.2) is 42.5 Å². The Kier molecular flexibility index (Phi) is 10.1. The van der Waals surface area contributed by atoms with Crippen LogP contribution in [-0.4, -0.2) is 33.3 Å². The first-order valence-corrected chi connectivity index (χ1v) is 8.60. The molecule has 0 unspecified atom stereocenters. The van der Waals surface area contributed by atoms with Crippen LogP contribution in [0.25, 0.3) is 0 Å². The largest absolute Gasteiger partial charge is 0.497 e. The number of aryl methyl sites for hydroxylation is 1. The van der Waals surface area contributed by atoms with Crippen molar-refractivity contribution in [2.75, 3.05) is 32.7 Å². The van der Waals surface area contributed by atoms with Gasteiger partial charge in [-0.1, -0.05) is 6.07 Å². The second kappa shape index (κ2) is 12.0. The summed E-state index contributed by atoms with van der Waals surface area (Å²) in [6.07, 6.45) is 1.92. The van der Waals surface area contributed by atoms with E-state index in [4.69, 9.17) is 19.9 Å². The maximum Gasteiger partial charge on any atom is 0.224 e. The molecule has 148 valence electrons. The molecule has 3 N–H and O–H groups in total. The smallest absolute Gasteiger partial charge is 0.224 e. The molecule has 2 rings (SSSR count). The van der Waals surface area contributed by atoms with Crippen molar-refractivity contribution in [1.29, 1.82) is 0 Å². The van der Waals surface area contributed by atoms with Gasteiger partial charge in [-0.3, -0.25) is 4.79 Å². The predicted octanol–water partition coefficient (Wildman–Crippen LogP) is 3.42. The van der Waals surface area contributed by atoms with E-state index in [0.717, 1.165) is 41.3 Å². The summed E-state index contributed by atoms with van der Waals surface area (Å²) in [5.41, 5.74) is 7.20. The van der Waals surface area contributed by atoms with Gasteiger partial charge in [0.1, 0.15) is 23.9 Å². The van der Waals surface area contributed by atoms with E-state index in [-0.39, 0.29) is 18.3 Å². The van der Waals surface area contributed by atoms with Crippen molar-refractivity contribution in [3.8, 4) is 17.2 Å². The van der Waals surface area contributed by atoms with Gasteiger partial charge in [0.25, 0.3) is 0 Å². The van der Waals surface area contributed by atoms with E-state index in [1.54, 1.807) is 14.2 Å². The number of rotatable bonds is 10. The molecule has 0 aliphatic carbocycles. The highest BCUT2D eigenvalue weighted by Gasteiger charge is 2.07. The average Bonchev–Trinajstić information content (AvgIpc) is 2.67. The molecular weight excluding hydrogens is 368 g/mol. The summed E-state index contributed by atoms with van der Waals surface area (Å²) in [5, 5.41) is 2.89. The van der Waals surface area contributed by atoms with Crippen LogP contribution in [0, 0.1) is 0 Å². The second-order valence-corrected chi connectivity index (χ2v) is 5.74. The van der Waals surface area contributed by atoms with Gasteiger partial charge < -0.3 is 25.3 Å². The van der Waals surface area contributed by atoms with Crippen LogP contribution in [0.3, 0.4) is 0 Å². The van der Waals surface area contributed by atoms with E-state index in [9.17, 15) is 4.79 Å². The fraction of sp³-hybridized carbons (Fsp3) is 0.350. The number of nitrogens with two attached hydrogens (primary N) is 1. The number of hydrogen-bond acceptors (Lipinski definition) is 5. The van der Waals surface area contributed by atoms with E-state index in [2.05, 4.69) is 5.32 Å². The molecular formula is C20H27ClN2O4. The molecule has 2 aromatic carbocycles. The van der Waals surface area contributed by atoms with E-state index in [0.29, 0.717) is 19.6 Å². The molecule has 7 heteroatoms. The van der Waals surface area contributed by atoms with Crippen molar-refractivity contribution >= 4 is 24.0 Å².